The average molecular weight is 995 g/mol. The van der Waals surface area contributed by atoms with Gasteiger partial charge in [-0.2, -0.15) is 39.5 Å². The van der Waals surface area contributed by atoms with Crippen LogP contribution in [-0.2, 0) is 18.5 Å². The van der Waals surface area contributed by atoms with Crippen LogP contribution in [-0.4, -0.2) is 9.13 Å². The van der Waals surface area contributed by atoms with E-state index in [1.165, 1.54) is 6.07 Å². The average Bonchev–Trinajstić information content (AvgIpc) is 3.89. The van der Waals surface area contributed by atoms with E-state index < -0.39 is 35.2 Å². The Labute approximate surface area is 417 Å². The molecule has 362 valence electrons. The molecule has 0 radical (unpaired) electrons. The smallest absolute Gasteiger partial charge is 0.309 e. The SMILES string of the molecule is [C-]#[N+]c1ccc(-n2c3ccccc3c3cc(-c4cc(C)cc(C(F)(F)F)c4)ccc32)c(-c2ccc(-c3ccc(C(F)(F)F)cc3[N+]#[C-])cc2-n2c3ccccc3c3cc(-c4cc(C)cc(C(F)(F)F)c4)ccc32)c1. The van der Waals surface area contributed by atoms with Crippen LogP contribution in [0.15, 0.2) is 176 Å². The lowest BCUT2D eigenvalue weighted by Gasteiger charge is -2.20. The number of hydrogen-bond acceptors (Lipinski definition) is 0. The van der Waals surface area contributed by atoms with E-state index in [0.717, 1.165) is 58.1 Å². The summed E-state index contributed by atoms with van der Waals surface area (Å²) >= 11 is 0. The predicted octanol–water partition coefficient (Wildman–Crippen LogP) is 19.3. The fourth-order valence-corrected chi connectivity index (χ4v) is 10.2. The van der Waals surface area contributed by atoms with Gasteiger partial charge in [0.2, 0.25) is 0 Å². The normalized spacial score (nSPS) is 12.2. The van der Waals surface area contributed by atoms with E-state index in [1.807, 2.05) is 88.0 Å². The lowest BCUT2D eigenvalue weighted by molar-refractivity contribution is -0.138. The number of halogens is 9. The third-order valence-corrected chi connectivity index (χ3v) is 13.5. The fraction of sp³-hybridized carbons (Fsp3) is 0.0820. The standard InChI is InChI=1S/C61H35F9N4/c1-34-23-39(27-42(25-34)60(65,66)67)36-14-20-55-49(29-36)46-9-5-7-11-53(46)73(55)57-22-17-44(71-3)33-51(57)48-18-13-38(45-19-16-41(59(62,63)64)32-52(45)72-4)31-58(48)74-54-12-8-6-10-47(54)50-30-37(15-21-56(50)74)40-24-35(2)26-43(28-40)61(68,69)70/h5-33H,1-2H3. The summed E-state index contributed by atoms with van der Waals surface area (Å²) in [5.41, 5.74) is 5.84. The first-order chi connectivity index (χ1) is 35.3. The van der Waals surface area contributed by atoms with Crippen LogP contribution in [0.2, 0.25) is 0 Å². The van der Waals surface area contributed by atoms with E-state index in [4.69, 9.17) is 13.1 Å². The number of nitrogens with zero attached hydrogens (tertiary/aromatic N) is 4. The number of alkyl halides is 9. The third-order valence-electron chi connectivity index (χ3n) is 13.5. The summed E-state index contributed by atoms with van der Waals surface area (Å²) in [5, 5.41) is 2.97. The Morgan fingerprint density at radius 1 is 0.351 bits per heavy atom. The molecule has 0 saturated carbocycles. The number of benzene rings is 9. The minimum Gasteiger partial charge on any atom is -0.309 e. The van der Waals surface area contributed by atoms with E-state index in [1.54, 1.807) is 68.4 Å². The van der Waals surface area contributed by atoms with Crippen molar-refractivity contribution >= 4 is 55.0 Å². The fourth-order valence-electron chi connectivity index (χ4n) is 10.2. The Balaban J connectivity index is 1.19. The van der Waals surface area contributed by atoms with Crippen molar-refractivity contribution in [2.45, 2.75) is 32.4 Å². The van der Waals surface area contributed by atoms with Crippen molar-refractivity contribution in [1.29, 1.82) is 0 Å². The maximum atomic E-state index is 14.1. The summed E-state index contributed by atoms with van der Waals surface area (Å²) in [6.45, 7) is 19.4. The highest BCUT2D eigenvalue weighted by molar-refractivity contribution is 6.13. The van der Waals surface area contributed by atoms with Gasteiger partial charge < -0.3 is 9.13 Å². The molecule has 74 heavy (non-hydrogen) atoms. The summed E-state index contributed by atoms with van der Waals surface area (Å²) in [6.07, 6.45) is -13.9. The molecule has 9 aromatic carbocycles. The van der Waals surface area contributed by atoms with E-state index >= 15 is 0 Å². The summed E-state index contributed by atoms with van der Waals surface area (Å²) in [5.74, 6) is 0. The van der Waals surface area contributed by atoms with Gasteiger partial charge in [0.25, 0.3) is 0 Å². The molecule has 0 fully saturated rings. The Hall–Kier alpha value is -9.07. The molecule has 0 atom stereocenters. The molecule has 2 heterocycles. The van der Waals surface area contributed by atoms with E-state index in [-0.39, 0.29) is 16.9 Å². The second-order valence-electron chi connectivity index (χ2n) is 18.2. The summed E-state index contributed by atoms with van der Waals surface area (Å²) in [6, 6.07) is 47.3. The highest BCUT2D eigenvalue weighted by Crippen LogP contribution is 2.47. The summed E-state index contributed by atoms with van der Waals surface area (Å²) in [4.78, 5) is 7.33. The lowest BCUT2D eigenvalue weighted by atomic mass is 9.94. The van der Waals surface area contributed by atoms with Gasteiger partial charge >= 0.3 is 18.5 Å². The second kappa shape index (κ2) is 17.3. The molecule has 0 aliphatic carbocycles. The van der Waals surface area contributed by atoms with Crippen molar-refractivity contribution < 1.29 is 39.5 Å². The summed E-state index contributed by atoms with van der Waals surface area (Å²) in [7, 11) is 0. The zero-order valence-corrected chi connectivity index (χ0v) is 38.9. The molecule has 0 aliphatic rings. The molecule has 4 nitrogen and oxygen atoms in total. The van der Waals surface area contributed by atoms with E-state index in [9.17, 15) is 39.5 Å². The van der Waals surface area contributed by atoms with Crippen LogP contribution in [0.1, 0.15) is 27.8 Å². The maximum absolute atomic E-state index is 14.1. The molecule has 11 rings (SSSR count). The van der Waals surface area contributed by atoms with Crippen molar-refractivity contribution in [2.75, 3.05) is 0 Å². The van der Waals surface area contributed by atoms with Crippen LogP contribution in [0.5, 0.6) is 0 Å². The lowest BCUT2D eigenvalue weighted by Crippen LogP contribution is -2.05. The molecule has 0 bridgehead atoms. The molecule has 0 spiro atoms. The zero-order valence-electron chi connectivity index (χ0n) is 38.9. The van der Waals surface area contributed by atoms with Gasteiger partial charge in [0, 0.05) is 32.7 Å². The molecule has 0 amide bonds. The van der Waals surface area contributed by atoms with Crippen molar-refractivity contribution in [3.63, 3.8) is 0 Å². The molecule has 11 aromatic rings. The topological polar surface area (TPSA) is 18.6 Å². The Kier molecular flexibility index (Phi) is 11.1. The number of hydrogen-bond donors (Lipinski definition) is 0. The van der Waals surface area contributed by atoms with Crippen molar-refractivity contribution in [3.8, 4) is 55.9 Å². The number of para-hydroxylation sites is 2. The second-order valence-corrected chi connectivity index (χ2v) is 18.2. The number of fused-ring (bicyclic) bond motifs is 6. The molecular weight excluding hydrogens is 960 g/mol. The van der Waals surface area contributed by atoms with Gasteiger partial charge in [-0.15, -0.1) is 0 Å². The van der Waals surface area contributed by atoms with Gasteiger partial charge in [0.15, 0.2) is 11.4 Å². The van der Waals surface area contributed by atoms with Gasteiger partial charge in [-0.1, -0.05) is 91.0 Å². The van der Waals surface area contributed by atoms with Crippen molar-refractivity contribution in [2.24, 2.45) is 0 Å². The minimum absolute atomic E-state index is 0.230. The number of rotatable bonds is 6. The quantitative estimate of drug-likeness (QED) is 0.117. The Morgan fingerprint density at radius 2 is 0.838 bits per heavy atom. The van der Waals surface area contributed by atoms with Gasteiger partial charge in [-0.05, 0) is 149 Å². The molecule has 13 heteroatoms. The molecule has 0 unspecified atom stereocenters. The first kappa shape index (κ1) is 47.3. The van der Waals surface area contributed by atoms with Crippen molar-refractivity contribution in [3.05, 3.63) is 227 Å². The molecular formula is C61H35F9N4. The maximum Gasteiger partial charge on any atom is 0.416 e. The predicted molar refractivity (Wildman–Crippen MR) is 274 cm³/mol. The van der Waals surface area contributed by atoms with Crippen LogP contribution in [0, 0.1) is 27.0 Å². The molecule has 0 aliphatic heterocycles. The van der Waals surface area contributed by atoms with Crippen LogP contribution >= 0.6 is 0 Å². The third kappa shape index (κ3) is 8.17. The van der Waals surface area contributed by atoms with Crippen molar-refractivity contribution in [1.82, 2.24) is 9.13 Å². The largest absolute Gasteiger partial charge is 0.416 e. The Morgan fingerprint density at radius 3 is 1.35 bits per heavy atom. The van der Waals surface area contributed by atoms with Crippen LogP contribution < -0.4 is 0 Å². The van der Waals surface area contributed by atoms with Gasteiger partial charge in [0.1, 0.15) is 0 Å². The first-order valence-corrected chi connectivity index (χ1v) is 23.0. The number of aryl methyl sites for hydroxylation is 2. The summed E-state index contributed by atoms with van der Waals surface area (Å²) < 4.78 is 130. The van der Waals surface area contributed by atoms with Gasteiger partial charge in [-0.3, -0.25) is 0 Å². The van der Waals surface area contributed by atoms with Crippen LogP contribution in [0.4, 0.5) is 50.9 Å². The monoisotopic (exact) mass is 994 g/mol. The van der Waals surface area contributed by atoms with Crippen LogP contribution in [0.3, 0.4) is 0 Å². The van der Waals surface area contributed by atoms with Crippen LogP contribution in [0.25, 0.3) is 109 Å². The van der Waals surface area contributed by atoms with E-state index in [0.29, 0.717) is 83.4 Å². The first-order valence-electron chi connectivity index (χ1n) is 23.0. The highest BCUT2D eigenvalue weighted by Gasteiger charge is 2.33. The van der Waals surface area contributed by atoms with Gasteiger partial charge in [0.05, 0.1) is 57.7 Å². The van der Waals surface area contributed by atoms with Gasteiger partial charge in [-0.25, -0.2) is 9.69 Å². The zero-order chi connectivity index (χ0) is 52.0. The minimum atomic E-state index is -4.71. The number of aromatic nitrogens is 2. The molecule has 0 N–H and O–H groups in total. The molecule has 2 aromatic heterocycles. The molecule has 0 saturated heterocycles. The Bertz CT molecular complexity index is 4210. The highest BCUT2D eigenvalue weighted by atomic mass is 19.4. The van der Waals surface area contributed by atoms with E-state index in [2.05, 4.69) is 9.69 Å².